The average molecular weight is 221 g/mol. The quantitative estimate of drug-likeness (QED) is 0.575. The van der Waals surface area contributed by atoms with Crippen molar-refractivity contribution in [3.05, 3.63) is 61.2 Å². The third kappa shape index (κ3) is 1.31. The molecule has 0 aliphatic rings. The summed E-state index contributed by atoms with van der Waals surface area (Å²) in [5, 5.41) is 2.19. The number of carbonyl (C=O) groups is 1. The van der Waals surface area contributed by atoms with E-state index in [1.54, 1.807) is 4.57 Å². The predicted molar refractivity (Wildman–Crippen MR) is 70.3 cm³/mol. The van der Waals surface area contributed by atoms with Gasteiger partial charge in [0.05, 0.1) is 11.0 Å². The van der Waals surface area contributed by atoms with Crippen LogP contribution in [0.1, 0.15) is 4.79 Å². The lowest BCUT2D eigenvalue weighted by molar-refractivity contribution is 0.0978. The molecule has 0 saturated heterocycles. The highest BCUT2D eigenvalue weighted by atomic mass is 16.1. The minimum atomic E-state index is -0.0950. The highest BCUT2D eigenvalue weighted by Gasteiger charge is 2.12. The second-order valence-corrected chi connectivity index (χ2v) is 3.91. The van der Waals surface area contributed by atoms with Crippen molar-refractivity contribution in [3.8, 4) is 0 Å². The standard InChI is InChI=1S/C15H11NO/c1-2-15(17)16-13-9-5-3-7-11(13)12-8-4-6-10-14(12)16/h2-10H,1H2. The van der Waals surface area contributed by atoms with E-state index in [2.05, 4.69) is 6.58 Å². The molecule has 2 heteroatoms. The molecule has 0 aliphatic heterocycles. The Kier molecular flexibility index (Phi) is 2.08. The molecule has 0 amide bonds. The summed E-state index contributed by atoms with van der Waals surface area (Å²) in [6.07, 6.45) is 1.35. The van der Waals surface area contributed by atoms with Crippen LogP contribution in [0.15, 0.2) is 61.2 Å². The van der Waals surface area contributed by atoms with Crippen LogP contribution in [0.25, 0.3) is 21.8 Å². The van der Waals surface area contributed by atoms with E-state index >= 15 is 0 Å². The van der Waals surface area contributed by atoms with Gasteiger partial charge in [-0.3, -0.25) is 9.36 Å². The molecule has 2 nitrogen and oxygen atoms in total. The van der Waals surface area contributed by atoms with Crippen molar-refractivity contribution in [1.82, 2.24) is 4.57 Å². The van der Waals surface area contributed by atoms with Gasteiger partial charge in [0.2, 0.25) is 0 Å². The van der Waals surface area contributed by atoms with Crippen LogP contribution in [0, 0.1) is 0 Å². The summed E-state index contributed by atoms with van der Waals surface area (Å²) in [5.74, 6) is -0.0950. The third-order valence-electron chi connectivity index (χ3n) is 2.98. The molecule has 2 aromatic carbocycles. The van der Waals surface area contributed by atoms with Crippen LogP contribution in [0.4, 0.5) is 0 Å². The van der Waals surface area contributed by atoms with E-state index < -0.39 is 0 Å². The molecule has 82 valence electrons. The molecule has 0 unspecified atom stereocenters. The van der Waals surface area contributed by atoms with E-state index in [-0.39, 0.29) is 5.91 Å². The number of aromatic nitrogens is 1. The first-order valence-corrected chi connectivity index (χ1v) is 5.48. The lowest BCUT2D eigenvalue weighted by atomic mass is 10.2. The monoisotopic (exact) mass is 221 g/mol. The Morgan fingerprint density at radius 2 is 1.41 bits per heavy atom. The molecule has 0 saturated carbocycles. The second-order valence-electron chi connectivity index (χ2n) is 3.91. The molecule has 1 heterocycles. The molecule has 17 heavy (non-hydrogen) atoms. The van der Waals surface area contributed by atoms with Crippen LogP contribution < -0.4 is 0 Å². The summed E-state index contributed by atoms with van der Waals surface area (Å²) in [6, 6.07) is 15.8. The highest BCUT2D eigenvalue weighted by Crippen LogP contribution is 2.28. The van der Waals surface area contributed by atoms with Gasteiger partial charge in [-0.2, -0.15) is 0 Å². The topological polar surface area (TPSA) is 22.0 Å². The number of benzene rings is 2. The molecule has 0 N–H and O–H groups in total. The van der Waals surface area contributed by atoms with Crippen LogP contribution in [-0.2, 0) is 0 Å². The number of nitrogens with zero attached hydrogens (tertiary/aromatic N) is 1. The molecule has 3 aromatic rings. The van der Waals surface area contributed by atoms with E-state index in [0.717, 1.165) is 21.8 Å². The molecule has 3 rings (SSSR count). The Morgan fingerprint density at radius 3 is 1.88 bits per heavy atom. The van der Waals surface area contributed by atoms with E-state index in [1.807, 2.05) is 48.5 Å². The summed E-state index contributed by atoms with van der Waals surface area (Å²) >= 11 is 0. The normalized spacial score (nSPS) is 10.8. The fourth-order valence-corrected chi connectivity index (χ4v) is 2.25. The van der Waals surface area contributed by atoms with Crippen LogP contribution in [0.3, 0.4) is 0 Å². The average Bonchev–Trinajstić information content (AvgIpc) is 2.72. The molecule has 0 radical (unpaired) electrons. The van der Waals surface area contributed by atoms with Crippen molar-refractivity contribution in [2.45, 2.75) is 0 Å². The summed E-state index contributed by atoms with van der Waals surface area (Å²) in [4.78, 5) is 11.9. The van der Waals surface area contributed by atoms with Gasteiger partial charge < -0.3 is 0 Å². The second kappa shape index (κ2) is 3.59. The van der Waals surface area contributed by atoms with E-state index in [4.69, 9.17) is 0 Å². The molecule has 0 aliphatic carbocycles. The van der Waals surface area contributed by atoms with Gasteiger partial charge in [0.15, 0.2) is 0 Å². The van der Waals surface area contributed by atoms with Gasteiger partial charge >= 0.3 is 0 Å². The van der Waals surface area contributed by atoms with Gasteiger partial charge in [-0.05, 0) is 18.2 Å². The first-order valence-electron chi connectivity index (χ1n) is 5.48. The maximum absolute atomic E-state index is 11.9. The van der Waals surface area contributed by atoms with Crippen molar-refractivity contribution in [2.75, 3.05) is 0 Å². The van der Waals surface area contributed by atoms with Crippen molar-refractivity contribution in [1.29, 1.82) is 0 Å². The molecule has 0 bridgehead atoms. The predicted octanol–water partition coefficient (Wildman–Crippen LogP) is 3.62. The summed E-state index contributed by atoms with van der Waals surface area (Å²) in [5.41, 5.74) is 1.86. The number of allylic oxidation sites excluding steroid dienone is 1. The van der Waals surface area contributed by atoms with Gasteiger partial charge in [-0.15, -0.1) is 0 Å². The van der Waals surface area contributed by atoms with Gasteiger partial charge in [-0.1, -0.05) is 43.0 Å². The van der Waals surface area contributed by atoms with Crippen LogP contribution in [-0.4, -0.2) is 10.5 Å². The highest BCUT2D eigenvalue weighted by molar-refractivity contribution is 6.14. The Labute approximate surface area is 98.8 Å². The fourth-order valence-electron chi connectivity index (χ4n) is 2.25. The first kappa shape index (κ1) is 9.85. The number of rotatable bonds is 1. The van der Waals surface area contributed by atoms with Crippen LogP contribution >= 0.6 is 0 Å². The van der Waals surface area contributed by atoms with Crippen LogP contribution in [0.5, 0.6) is 0 Å². The number of hydrogen-bond acceptors (Lipinski definition) is 1. The Hall–Kier alpha value is -2.35. The van der Waals surface area contributed by atoms with Crippen molar-refractivity contribution < 1.29 is 4.79 Å². The van der Waals surface area contributed by atoms with E-state index in [1.165, 1.54) is 6.08 Å². The molecule has 0 atom stereocenters. The number of fused-ring (bicyclic) bond motifs is 3. The number of hydrogen-bond donors (Lipinski definition) is 0. The SMILES string of the molecule is C=CC(=O)n1c2ccccc2c2ccccc21. The molecular weight excluding hydrogens is 210 g/mol. The van der Waals surface area contributed by atoms with Gasteiger partial charge in [0.25, 0.3) is 5.91 Å². The first-order chi connectivity index (χ1) is 8.33. The summed E-state index contributed by atoms with van der Waals surface area (Å²) in [6.45, 7) is 3.56. The van der Waals surface area contributed by atoms with Crippen molar-refractivity contribution in [3.63, 3.8) is 0 Å². The van der Waals surface area contributed by atoms with Crippen molar-refractivity contribution in [2.24, 2.45) is 0 Å². The lowest BCUT2D eigenvalue weighted by Crippen LogP contribution is -2.05. The minimum absolute atomic E-state index is 0.0950. The lowest BCUT2D eigenvalue weighted by Gasteiger charge is -2.00. The van der Waals surface area contributed by atoms with Gasteiger partial charge in [-0.25, -0.2) is 0 Å². The van der Waals surface area contributed by atoms with E-state index in [9.17, 15) is 4.79 Å². The smallest absolute Gasteiger partial charge is 0.254 e. The zero-order valence-corrected chi connectivity index (χ0v) is 9.26. The Morgan fingerprint density at radius 1 is 0.941 bits per heavy atom. The molecular formula is C15H11NO. The number of para-hydroxylation sites is 2. The molecule has 0 fully saturated rings. The van der Waals surface area contributed by atoms with Crippen LogP contribution in [0.2, 0.25) is 0 Å². The third-order valence-corrected chi connectivity index (χ3v) is 2.98. The maximum Gasteiger partial charge on any atom is 0.254 e. The zero-order chi connectivity index (χ0) is 11.8. The van der Waals surface area contributed by atoms with Crippen molar-refractivity contribution >= 4 is 27.7 Å². The zero-order valence-electron chi connectivity index (χ0n) is 9.26. The maximum atomic E-state index is 11.9. The molecule has 0 spiro atoms. The summed E-state index contributed by atoms with van der Waals surface area (Å²) < 4.78 is 1.71. The Balaban J connectivity index is 2.59. The summed E-state index contributed by atoms with van der Waals surface area (Å²) in [7, 11) is 0. The van der Waals surface area contributed by atoms with E-state index in [0.29, 0.717) is 0 Å². The Bertz CT molecular complexity index is 684. The van der Waals surface area contributed by atoms with Gasteiger partial charge in [0, 0.05) is 10.8 Å². The largest absolute Gasteiger partial charge is 0.276 e. The fraction of sp³-hybridized carbons (Fsp3) is 0. The minimum Gasteiger partial charge on any atom is -0.276 e. The van der Waals surface area contributed by atoms with Gasteiger partial charge in [0.1, 0.15) is 0 Å². The number of carbonyl (C=O) groups excluding carboxylic acids is 1. The molecule has 1 aromatic heterocycles.